The fraction of sp³-hybridized carbons (Fsp3) is 1.00. The van der Waals surface area contributed by atoms with E-state index in [-0.39, 0.29) is 0 Å². The lowest BCUT2D eigenvalue weighted by molar-refractivity contribution is -0.0451. The van der Waals surface area contributed by atoms with Gasteiger partial charge in [0.05, 0.1) is 32.5 Å². The van der Waals surface area contributed by atoms with E-state index in [0.717, 1.165) is 12.8 Å². The molecule has 1 fully saturated rings. The van der Waals surface area contributed by atoms with Gasteiger partial charge in [-0.1, -0.05) is 0 Å². The van der Waals surface area contributed by atoms with Crippen molar-refractivity contribution in [3.8, 4) is 0 Å². The Morgan fingerprint density at radius 3 is 2.50 bits per heavy atom. The molecule has 14 heavy (non-hydrogen) atoms. The average molecular weight is 203 g/mol. The van der Waals surface area contributed by atoms with Crippen molar-refractivity contribution in [2.45, 2.75) is 25.0 Å². The van der Waals surface area contributed by atoms with Crippen LogP contribution in [-0.4, -0.2) is 52.7 Å². The van der Waals surface area contributed by atoms with Crippen molar-refractivity contribution in [3.05, 3.63) is 0 Å². The van der Waals surface area contributed by atoms with Gasteiger partial charge in [0.25, 0.3) is 0 Å². The van der Waals surface area contributed by atoms with Crippen molar-refractivity contribution in [1.82, 2.24) is 5.32 Å². The molecule has 1 aliphatic rings. The number of ether oxygens (including phenoxy) is 3. The highest BCUT2D eigenvalue weighted by Crippen LogP contribution is 2.22. The van der Waals surface area contributed by atoms with Crippen LogP contribution in [0.4, 0.5) is 0 Å². The molecule has 0 spiro atoms. The first-order chi connectivity index (χ1) is 6.86. The second-order valence-electron chi connectivity index (χ2n) is 3.55. The number of nitrogens with one attached hydrogen (secondary N) is 1. The van der Waals surface area contributed by atoms with Crippen LogP contribution in [-0.2, 0) is 14.2 Å². The van der Waals surface area contributed by atoms with E-state index in [4.69, 9.17) is 14.2 Å². The zero-order valence-electron chi connectivity index (χ0n) is 9.12. The van der Waals surface area contributed by atoms with Crippen molar-refractivity contribution in [2.24, 2.45) is 0 Å². The Hall–Kier alpha value is -0.160. The molecule has 0 amide bonds. The summed E-state index contributed by atoms with van der Waals surface area (Å²) in [5.41, 5.74) is 0. The molecule has 0 aromatic rings. The van der Waals surface area contributed by atoms with Crippen molar-refractivity contribution in [1.29, 1.82) is 0 Å². The van der Waals surface area contributed by atoms with E-state index >= 15 is 0 Å². The van der Waals surface area contributed by atoms with Crippen LogP contribution < -0.4 is 5.32 Å². The first kappa shape index (κ1) is 11.9. The zero-order chi connectivity index (χ0) is 10.2. The van der Waals surface area contributed by atoms with Gasteiger partial charge >= 0.3 is 0 Å². The molecule has 0 aromatic heterocycles. The molecule has 0 unspecified atom stereocenters. The van der Waals surface area contributed by atoms with E-state index in [9.17, 15) is 0 Å². The molecule has 1 rings (SSSR count). The van der Waals surface area contributed by atoms with Gasteiger partial charge in [-0.15, -0.1) is 0 Å². The van der Waals surface area contributed by atoms with Gasteiger partial charge in [0.1, 0.15) is 0 Å². The molecule has 84 valence electrons. The van der Waals surface area contributed by atoms with E-state index in [1.807, 2.05) is 7.05 Å². The topological polar surface area (TPSA) is 39.7 Å². The Kier molecular flexibility index (Phi) is 6.10. The van der Waals surface area contributed by atoms with Crippen molar-refractivity contribution in [3.63, 3.8) is 0 Å². The Morgan fingerprint density at radius 2 is 1.86 bits per heavy atom. The minimum absolute atomic E-state index is 0.443. The number of hydrogen-bond donors (Lipinski definition) is 1. The van der Waals surface area contributed by atoms with Crippen LogP contribution in [0.25, 0.3) is 0 Å². The van der Waals surface area contributed by atoms with E-state index in [0.29, 0.717) is 38.6 Å². The lowest BCUT2D eigenvalue weighted by atomic mass is 9.89. The Labute approximate surface area is 85.9 Å². The molecule has 4 heteroatoms. The summed E-state index contributed by atoms with van der Waals surface area (Å²) in [6, 6.07) is 0.661. The smallest absolute Gasteiger partial charge is 0.0704 e. The van der Waals surface area contributed by atoms with Crippen LogP contribution in [0.3, 0.4) is 0 Å². The minimum Gasteiger partial charge on any atom is -0.382 e. The second-order valence-corrected chi connectivity index (χ2v) is 3.55. The molecule has 4 nitrogen and oxygen atoms in total. The maximum absolute atomic E-state index is 5.58. The predicted molar refractivity (Wildman–Crippen MR) is 54.5 cm³/mol. The zero-order valence-corrected chi connectivity index (χ0v) is 9.12. The summed E-state index contributed by atoms with van der Waals surface area (Å²) in [5.74, 6) is 0. The summed E-state index contributed by atoms with van der Waals surface area (Å²) in [7, 11) is 3.67. The van der Waals surface area contributed by atoms with Crippen LogP contribution in [0.5, 0.6) is 0 Å². The van der Waals surface area contributed by atoms with Gasteiger partial charge in [0, 0.05) is 13.2 Å². The first-order valence-corrected chi connectivity index (χ1v) is 5.22. The average Bonchev–Trinajstić information content (AvgIpc) is 2.14. The summed E-state index contributed by atoms with van der Waals surface area (Å²) in [4.78, 5) is 0. The minimum atomic E-state index is 0.443. The third-order valence-electron chi connectivity index (χ3n) is 2.52. The van der Waals surface area contributed by atoms with Crippen LogP contribution in [0.2, 0.25) is 0 Å². The third kappa shape index (κ3) is 4.37. The van der Waals surface area contributed by atoms with Gasteiger partial charge in [-0.25, -0.2) is 0 Å². The van der Waals surface area contributed by atoms with Gasteiger partial charge < -0.3 is 19.5 Å². The number of rotatable bonds is 8. The van der Waals surface area contributed by atoms with Crippen LogP contribution in [0.1, 0.15) is 12.8 Å². The van der Waals surface area contributed by atoms with Gasteiger partial charge in [0.15, 0.2) is 0 Å². The summed E-state index contributed by atoms with van der Waals surface area (Å²) in [5, 5.41) is 3.22. The fourth-order valence-electron chi connectivity index (χ4n) is 1.46. The standard InChI is InChI=1S/C10H21NO3/c1-11-9-7-10(8-9)14-6-5-13-4-3-12-2/h9-11H,3-8H2,1-2H3. The molecule has 1 N–H and O–H groups in total. The number of methoxy groups -OCH3 is 1. The largest absolute Gasteiger partial charge is 0.382 e. The van der Waals surface area contributed by atoms with Gasteiger partial charge in [-0.05, 0) is 19.9 Å². The normalized spacial score (nSPS) is 26.1. The summed E-state index contributed by atoms with van der Waals surface area (Å²) in [6.07, 6.45) is 2.71. The lowest BCUT2D eigenvalue weighted by Gasteiger charge is -2.34. The van der Waals surface area contributed by atoms with E-state index < -0.39 is 0 Å². The molecule has 1 saturated carbocycles. The summed E-state index contributed by atoms with van der Waals surface area (Å²) in [6.45, 7) is 2.68. The predicted octanol–water partition coefficient (Wildman–Crippen LogP) is 0.416. The highest BCUT2D eigenvalue weighted by Gasteiger charge is 2.27. The maximum Gasteiger partial charge on any atom is 0.0704 e. The van der Waals surface area contributed by atoms with Crippen LogP contribution in [0.15, 0.2) is 0 Å². The molecule has 0 atom stereocenters. The third-order valence-corrected chi connectivity index (χ3v) is 2.52. The molecular weight excluding hydrogens is 182 g/mol. The monoisotopic (exact) mass is 203 g/mol. The SMILES string of the molecule is CNC1CC(OCCOCCOC)C1. The lowest BCUT2D eigenvalue weighted by Crippen LogP contribution is -2.44. The summed E-state index contributed by atoms with van der Waals surface area (Å²) < 4.78 is 15.7. The molecule has 0 aromatic carbocycles. The van der Waals surface area contributed by atoms with E-state index in [2.05, 4.69) is 5.32 Å². The van der Waals surface area contributed by atoms with Crippen LogP contribution >= 0.6 is 0 Å². The van der Waals surface area contributed by atoms with E-state index in [1.54, 1.807) is 7.11 Å². The van der Waals surface area contributed by atoms with Crippen LogP contribution in [0, 0.1) is 0 Å². The van der Waals surface area contributed by atoms with Crippen molar-refractivity contribution >= 4 is 0 Å². The second kappa shape index (κ2) is 7.17. The van der Waals surface area contributed by atoms with Crippen molar-refractivity contribution < 1.29 is 14.2 Å². The molecule has 0 bridgehead atoms. The first-order valence-electron chi connectivity index (χ1n) is 5.22. The Bertz CT molecular complexity index is 137. The molecular formula is C10H21NO3. The van der Waals surface area contributed by atoms with Crippen molar-refractivity contribution in [2.75, 3.05) is 40.6 Å². The molecule has 0 radical (unpaired) electrons. The summed E-state index contributed by atoms with van der Waals surface area (Å²) >= 11 is 0. The van der Waals surface area contributed by atoms with Gasteiger partial charge in [-0.3, -0.25) is 0 Å². The van der Waals surface area contributed by atoms with Gasteiger partial charge in [0.2, 0.25) is 0 Å². The van der Waals surface area contributed by atoms with E-state index in [1.165, 1.54) is 0 Å². The maximum atomic E-state index is 5.58. The molecule has 0 saturated heterocycles. The Balaban J connectivity index is 1.77. The molecule has 0 aliphatic heterocycles. The number of hydrogen-bond acceptors (Lipinski definition) is 4. The highest BCUT2D eigenvalue weighted by molar-refractivity contribution is 4.84. The fourth-order valence-corrected chi connectivity index (χ4v) is 1.46. The highest BCUT2D eigenvalue weighted by atomic mass is 16.5. The molecule has 0 heterocycles. The van der Waals surface area contributed by atoms with Gasteiger partial charge in [-0.2, -0.15) is 0 Å². The molecule has 1 aliphatic carbocycles. The quantitative estimate of drug-likeness (QED) is 0.580. The Morgan fingerprint density at radius 1 is 1.14 bits per heavy atom.